The van der Waals surface area contributed by atoms with Crippen LogP contribution in [-0.4, -0.2) is 25.7 Å². The second-order valence-electron chi connectivity index (χ2n) is 4.61. The van der Waals surface area contributed by atoms with Gasteiger partial charge in [0.15, 0.2) is 0 Å². The van der Waals surface area contributed by atoms with E-state index < -0.39 is 15.8 Å². The number of benzene rings is 1. The molecule has 0 fully saturated rings. The molecule has 0 spiro atoms. The number of hydrogen-bond donors (Lipinski definition) is 1. The summed E-state index contributed by atoms with van der Waals surface area (Å²) in [5, 5.41) is 5.65. The number of aromatic nitrogens is 2. The van der Waals surface area contributed by atoms with Gasteiger partial charge in [0.2, 0.25) is 21.7 Å². The molecule has 0 bridgehead atoms. The van der Waals surface area contributed by atoms with Crippen molar-refractivity contribution in [2.45, 2.75) is 11.4 Å². The minimum absolute atomic E-state index is 0.0358. The van der Waals surface area contributed by atoms with E-state index in [2.05, 4.69) is 14.9 Å². The van der Waals surface area contributed by atoms with Gasteiger partial charge in [0.25, 0.3) is 0 Å². The minimum atomic E-state index is -4.01. The van der Waals surface area contributed by atoms with E-state index in [0.29, 0.717) is 5.82 Å². The summed E-state index contributed by atoms with van der Waals surface area (Å²) >= 11 is 1.43. The number of methoxy groups -OCH3 is 1. The molecule has 0 saturated heterocycles. The summed E-state index contributed by atoms with van der Waals surface area (Å²) in [6.45, 7) is -0.222. The van der Waals surface area contributed by atoms with Gasteiger partial charge in [0.1, 0.15) is 16.5 Å². The maximum atomic E-state index is 13.4. The maximum Gasteiger partial charge on any atom is 0.244 e. The molecule has 0 saturated carbocycles. The van der Waals surface area contributed by atoms with Gasteiger partial charge in [-0.25, -0.2) is 17.5 Å². The van der Waals surface area contributed by atoms with E-state index in [0.717, 1.165) is 17.0 Å². The predicted octanol–water partition coefficient (Wildman–Crippen LogP) is 2.42. The fraction of sp³-hybridized carbons (Fsp3) is 0.143. The third-order valence-corrected chi connectivity index (χ3v) is 5.33. The lowest BCUT2D eigenvalue weighted by Gasteiger charge is -2.09. The number of sulfonamides is 1. The molecule has 0 atom stereocenters. The van der Waals surface area contributed by atoms with Crippen LogP contribution in [0.15, 0.2) is 45.1 Å². The molecule has 1 N–H and O–H groups in total. The molecule has 0 unspecified atom stereocenters. The van der Waals surface area contributed by atoms with E-state index in [1.54, 1.807) is 0 Å². The predicted molar refractivity (Wildman–Crippen MR) is 84.6 cm³/mol. The average Bonchev–Trinajstić information content (AvgIpc) is 3.24. The molecule has 0 aliphatic heterocycles. The summed E-state index contributed by atoms with van der Waals surface area (Å²) in [7, 11) is -2.71. The van der Waals surface area contributed by atoms with Crippen LogP contribution in [0.25, 0.3) is 10.7 Å². The minimum Gasteiger partial charge on any atom is -0.495 e. The van der Waals surface area contributed by atoms with Crippen molar-refractivity contribution in [1.82, 2.24) is 14.9 Å². The zero-order valence-corrected chi connectivity index (χ0v) is 14.0. The SMILES string of the molecule is COc1ccc(F)cc1S(=O)(=O)NCc1nc(-c2cccs2)no1. The van der Waals surface area contributed by atoms with E-state index in [1.807, 2.05) is 17.5 Å². The first kappa shape index (κ1) is 16.6. The van der Waals surface area contributed by atoms with Crippen LogP contribution in [-0.2, 0) is 16.6 Å². The molecule has 3 aromatic rings. The number of halogens is 1. The van der Waals surface area contributed by atoms with Crippen molar-refractivity contribution in [3.8, 4) is 16.5 Å². The van der Waals surface area contributed by atoms with E-state index in [-0.39, 0.29) is 23.1 Å². The summed E-state index contributed by atoms with van der Waals surface area (Å²) in [6, 6.07) is 6.90. The van der Waals surface area contributed by atoms with Gasteiger partial charge in [-0.2, -0.15) is 4.98 Å². The Morgan fingerprint density at radius 2 is 2.21 bits per heavy atom. The summed E-state index contributed by atoms with van der Waals surface area (Å²) in [5.74, 6) is -0.178. The lowest BCUT2D eigenvalue weighted by Crippen LogP contribution is -2.24. The van der Waals surface area contributed by atoms with Crippen molar-refractivity contribution < 1.29 is 22.1 Å². The monoisotopic (exact) mass is 369 g/mol. The second-order valence-corrected chi connectivity index (χ2v) is 7.29. The topological polar surface area (TPSA) is 94.3 Å². The summed E-state index contributed by atoms with van der Waals surface area (Å²) in [5.41, 5.74) is 0. The van der Waals surface area contributed by atoms with Gasteiger partial charge in [-0.05, 0) is 29.6 Å². The van der Waals surface area contributed by atoms with Gasteiger partial charge in [-0.1, -0.05) is 11.2 Å². The molecule has 0 radical (unpaired) electrons. The van der Waals surface area contributed by atoms with E-state index in [1.165, 1.54) is 24.5 Å². The molecule has 24 heavy (non-hydrogen) atoms. The highest BCUT2D eigenvalue weighted by Gasteiger charge is 2.21. The van der Waals surface area contributed by atoms with Crippen molar-refractivity contribution in [3.63, 3.8) is 0 Å². The molecule has 10 heteroatoms. The molecule has 3 rings (SSSR count). The highest BCUT2D eigenvalue weighted by atomic mass is 32.2. The number of nitrogens with zero attached hydrogens (tertiary/aromatic N) is 2. The van der Waals surface area contributed by atoms with Crippen LogP contribution in [0.2, 0.25) is 0 Å². The van der Waals surface area contributed by atoms with Crippen LogP contribution in [0.1, 0.15) is 5.89 Å². The molecule has 0 aliphatic carbocycles. The van der Waals surface area contributed by atoms with Crippen molar-refractivity contribution in [2.75, 3.05) is 7.11 Å². The number of ether oxygens (including phenoxy) is 1. The Morgan fingerprint density at radius 1 is 1.38 bits per heavy atom. The molecule has 0 amide bonds. The standard InChI is InChI=1S/C14H12FN3O4S2/c1-21-10-5-4-9(15)7-12(10)24(19,20)16-8-13-17-14(18-22-13)11-3-2-6-23-11/h2-7,16H,8H2,1H3. The van der Waals surface area contributed by atoms with Crippen LogP contribution in [0.5, 0.6) is 5.75 Å². The molecule has 1 aromatic carbocycles. The van der Waals surface area contributed by atoms with Crippen LogP contribution in [0.3, 0.4) is 0 Å². The van der Waals surface area contributed by atoms with Crippen LogP contribution < -0.4 is 9.46 Å². The third-order valence-electron chi connectivity index (χ3n) is 3.04. The summed E-state index contributed by atoms with van der Waals surface area (Å²) in [6.07, 6.45) is 0. The lowest BCUT2D eigenvalue weighted by atomic mass is 10.3. The average molecular weight is 369 g/mol. The third kappa shape index (κ3) is 3.45. The summed E-state index contributed by atoms with van der Waals surface area (Å²) < 4.78 is 50.3. The van der Waals surface area contributed by atoms with Gasteiger partial charge in [-0.3, -0.25) is 0 Å². The number of nitrogens with one attached hydrogen (secondary N) is 1. The number of hydrogen-bond acceptors (Lipinski definition) is 7. The molecule has 7 nitrogen and oxygen atoms in total. The molecular weight excluding hydrogens is 357 g/mol. The Morgan fingerprint density at radius 3 is 2.92 bits per heavy atom. The van der Waals surface area contributed by atoms with Gasteiger partial charge < -0.3 is 9.26 Å². The normalized spacial score (nSPS) is 11.6. The highest BCUT2D eigenvalue weighted by molar-refractivity contribution is 7.89. The van der Waals surface area contributed by atoms with Crippen molar-refractivity contribution in [1.29, 1.82) is 0 Å². The van der Waals surface area contributed by atoms with Gasteiger partial charge >= 0.3 is 0 Å². The van der Waals surface area contributed by atoms with Crippen molar-refractivity contribution >= 4 is 21.4 Å². The number of thiophene rings is 1. The van der Waals surface area contributed by atoms with E-state index in [4.69, 9.17) is 9.26 Å². The van der Waals surface area contributed by atoms with Crippen molar-refractivity contribution in [3.05, 3.63) is 47.4 Å². The Kier molecular flexibility index (Phi) is 4.60. The summed E-state index contributed by atoms with van der Waals surface area (Å²) in [4.78, 5) is 4.61. The first-order valence-corrected chi connectivity index (χ1v) is 9.05. The van der Waals surface area contributed by atoms with Gasteiger partial charge in [0, 0.05) is 0 Å². The first-order chi connectivity index (χ1) is 11.5. The Labute approximate surface area is 141 Å². The molecule has 0 aliphatic rings. The van der Waals surface area contributed by atoms with Gasteiger partial charge in [-0.15, -0.1) is 11.3 Å². The molecular formula is C14H12FN3O4S2. The largest absolute Gasteiger partial charge is 0.495 e. The van der Waals surface area contributed by atoms with Crippen LogP contribution >= 0.6 is 11.3 Å². The van der Waals surface area contributed by atoms with Crippen LogP contribution in [0, 0.1) is 5.82 Å². The van der Waals surface area contributed by atoms with E-state index in [9.17, 15) is 12.8 Å². The highest BCUT2D eigenvalue weighted by Crippen LogP contribution is 2.25. The molecule has 2 aromatic heterocycles. The van der Waals surface area contributed by atoms with E-state index >= 15 is 0 Å². The quantitative estimate of drug-likeness (QED) is 0.717. The first-order valence-electron chi connectivity index (χ1n) is 6.69. The van der Waals surface area contributed by atoms with Crippen LogP contribution in [0.4, 0.5) is 4.39 Å². The maximum absolute atomic E-state index is 13.4. The Bertz CT molecular complexity index is 939. The number of rotatable bonds is 6. The second kappa shape index (κ2) is 6.67. The molecule has 126 valence electrons. The lowest BCUT2D eigenvalue weighted by molar-refractivity contribution is 0.375. The zero-order chi connectivity index (χ0) is 17.2. The smallest absolute Gasteiger partial charge is 0.244 e. The fourth-order valence-corrected chi connectivity index (χ4v) is 3.73. The fourth-order valence-electron chi connectivity index (χ4n) is 1.93. The van der Waals surface area contributed by atoms with Crippen molar-refractivity contribution in [2.24, 2.45) is 0 Å². The molecule has 2 heterocycles. The zero-order valence-electron chi connectivity index (χ0n) is 12.4. The van der Waals surface area contributed by atoms with Gasteiger partial charge in [0.05, 0.1) is 18.5 Å². The Hall–Kier alpha value is -2.30. The Balaban J connectivity index is 1.77.